The summed E-state index contributed by atoms with van der Waals surface area (Å²) < 4.78 is 17.3. The summed E-state index contributed by atoms with van der Waals surface area (Å²) in [6, 6.07) is 0.814. The number of carbonyl (C=O) groups is 1. The van der Waals surface area contributed by atoms with E-state index < -0.39 is 38.3 Å². The van der Waals surface area contributed by atoms with Crippen LogP contribution in [0.2, 0.25) is 45.3 Å². The van der Waals surface area contributed by atoms with E-state index in [1.807, 2.05) is 6.92 Å². The third kappa shape index (κ3) is 11.4. The van der Waals surface area contributed by atoms with Crippen molar-refractivity contribution in [3.05, 3.63) is 0 Å². The second-order valence-corrected chi connectivity index (χ2v) is 17.1. The molecule has 0 aromatic rings. The van der Waals surface area contributed by atoms with E-state index >= 15 is 0 Å². The molecule has 0 radical (unpaired) electrons. The van der Waals surface area contributed by atoms with Gasteiger partial charge in [-0.1, -0.05) is 0 Å². The lowest BCUT2D eigenvalue weighted by atomic mass is 10.2. The summed E-state index contributed by atoms with van der Waals surface area (Å²) in [6.07, 6.45) is 0.0757. The van der Waals surface area contributed by atoms with E-state index in [0.717, 1.165) is 12.5 Å². The molecule has 0 saturated carbocycles. The van der Waals surface area contributed by atoms with E-state index in [2.05, 4.69) is 39.3 Å². The van der Waals surface area contributed by atoms with Gasteiger partial charge in [0.15, 0.2) is 16.6 Å². The smallest absolute Gasteiger partial charge is 0.390 e. The number of hydrogen-bond acceptors (Lipinski definition) is 4. The lowest BCUT2D eigenvalue weighted by Crippen LogP contribution is -2.48. The molecular formula is C11H29NO4Si3. The van der Waals surface area contributed by atoms with Gasteiger partial charge in [0.2, 0.25) is 9.76 Å². The summed E-state index contributed by atoms with van der Waals surface area (Å²) in [5, 5.41) is 0. The number of hydrogen-bond donors (Lipinski definition) is 1. The van der Waals surface area contributed by atoms with Gasteiger partial charge in [-0.25, -0.2) is 4.79 Å². The first kappa shape index (κ1) is 18.8. The maximum absolute atomic E-state index is 10.6. The Balaban J connectivity index is 4.54. The van der Waals surface area contributed by atoms with E-state index in [1.165, 1.54) is 0 Å². The van der Waals surface area contributed by atoms with Crippen molar-refractivity contribution in [3.63, 3.8) is 0 Å². The van der Waals surface area contributed by atoms with Crippen molar-refractivity contribution in [3.8, 4) is 0 Å². The monoisotopic (exact) mass is 323 g/mol. The van der Waals surface area contributed by atoms with Crippen LogP contribution in [0.15, 0.2) is 0 Å². The summed E-state index contributed by atoms with van der Waals surface area (Å²) >= 11 is 0. The second-order valence-electron chi connectivity index (χ2n) is 6.83. The zero-order valence-corrected chi connectivity index (χ0v) is 16.7. The molecule has 8 heteroatoms. The molecule has 0 atom stereocenters. The first-order valence-electron chi connectivity index (χ1n) is 6.66. The SMILES string of the molecule is CC(CC[SiH2]OC(N)=O)(O[Si](C)(C)C)O[Si](C)(C)C. The average molecular weight is 324 g/mol. The van der Waals surface area contributed by atoms with Gasteiger partial charge in [-0.3, -0.25) is 0 Å². The maximum Gasteiger partial charge on any atom is 0.390 e. The quantitative estimate of drug-likeness (QED) is 0.423. The summed E-state index contributed by atoms with van der Waals surface area (Å²) in [5.74, 6) is -0.567. The number of nitrogens with two attached hydrogens (primary N) is 1. The van der Waals surface area contributed by atoms with Crippen LogP contribution in [0.5, 0.6) is 0 Å². The number of rotatable bonds is 8. The van der Waals surface area contributed by atoms with Crippen LogP contribution in [-0.4, -0.2) is 38.3 Å². The molecule has 5 nitrogen and oxygen atoms in total. The van der Waals surface area contributed by atoms with Crippen LogP contribution in [0.3, 0.4) is 0 Å². The van der Waals surface area contributed by atoms with Gasteiger partial charge in [-0.15, -0.1) is 0 Å². The molecule has 1 amide bonds. The highest BCUT2D eigenvalue weighted by Gasteiger charge is 2.36. The molecular weight excluding hydrogens is 294 g/mol. The first-order chi connectivity index (χ1) is 8.33. The van der Waals surface area contributed by atoms with Crippen LogP contribution in [-0.2, 0) is 13.3 Å². The van der Waals surface area contributed by atoms with Gasteiger partial charge in [0.25, 0.3) is 0 Å². The predicted molar refractivity (Wildman–Crippen MR) is 85.9 cm³/mol. The average Bonchev–Trinajstić information content (AvgIpc) is 2.05. The van der Waals surface area contributed by atoms with Crippen molar-refractivity contribution in [2.45, 2.75) is 64.5 Å². The molecule has 2 N–H and O–H groups in total. The summed E-state index contributed by atoms with van der Waals surface area (Å²) in [7, 11) is -4.31. The maximum atomic E-state index is 10.6. The van der Waals surface area contributed by atoms with Gasteiger partial charge < -0.3 is 19.0 Å². The molecule has 0 unspecified atom stereocenters. The molecule has 0 aliphatic rings. The summed E-state index contributed by atoms with van der Waals surface area (Å²) in [6.45, 7) is 14.9. The highest BCUT2D eigenvalue weighted by molar-refractivity contribution is 6.71. The standard InChI is InChI=1S/C11H29NO4Si3/c1-11(15-18(2,3)4,16-19(5,6)7)8-9-17-14-10(12)13/h8-9,17H2,1-7H3,(H2,12,13). The lowest BCUT2D eigenvalue weighted by molar-refractivity contribution is -0.113. The van der Waals surface area contributed by atoms with Crippen molar-refractivity contribution in [1.29, 1.82) is 0 Å². The van der Waals surface area contributed by atoms with Gasteiger partial charge in [0.1, 0.15) is 5.79 Å². The molecule has 0 spiro atoms. The molecule has 19 heavy (non-hydrogen) atoms. The zero-order chi connectivity index (χ0) is 15.3. The topological polar surface area (TPSA) is 70.8 Å². The Kier molecular flexibility index (Phi) is 6.96. The normalized spacial score (nSPS) is 14.1. The van der Waals surface area contributed by atoms with Crippen molar-refractivity contribution < 1.29 is 18.1 Å². The number of carbonyl (C=O) groups excluding carboxylic acids is 1. The van der Waals surface area contributed by atoms with Gasteiger partial charge in [-0.05, 0) is 58.7 Å². The summed E-state index contributed by atoms with van der Waals surface area (Å²) in [4.78, 5) is 10.6. The van der Waals surface area contributed by atoms with Crippen LogP contribution in [0.25, 0.3) is 0 Å². The Morgan fingerprint density at radius 2 is 1.53 bits per heavy atom. The van der Waals surface area contributed by atoms with Gasteiger partial charge in [-0.2, -0.15) is 0 Å². The lowest BCUT2D eigenvalue weighted by Gasteiger charge is -2.40. The molecule has 114 valence electrons. The molecule has 0 aliphatic carbocycles. The van der Waals surface area contributed by atoms with E-state index in [9.17, 15) is 4.79 Å². The third-order valence-electron chi connectivity index (χ3n) is 2.06. The molecule has 0 heterocycles. The molecule has 0 aromatic heterocycles. The minimum atomic E-state index is -1.69. The predicted octanol–water partition coefficient (Wildman–Crippen LogP) is 2.39. The van der Waals surface area contributed by atoms with E-state index in [0.29, 0.717) is 0 Å². The van der Waals surface area contributed by atoms with Crippen LogP contribution in [0, 0.1) is 0 Å². The molecule has 0 aliphatic heterocycles. The van der Waals surface area contributed by atoms with Gasteiger partial charge in [0, 0.05) is 0 Å². The number of primary amides is 1. The zero-order valence-electron chi connectivity index (χ0n) is 13.3. The fraction of sp³-hybridized carbons (Fsp3) is 0.909. The van der Waals surface area contributed by atoms with Crippen LogP contribution < -0.4 is 5.73 Å². The molecule has 0 bridgehead atoms. The minimum Gasteiger partial charge on any atom is -0.510 e. The Hall–Kier alpha value is -0.159. The van der Waals surface area contributed by atoms with Crippen LogP contribution in [0.4, 0.5) is 4.79 Å². The fourth-order valence-corrected chi connectivity index (χ4v) is 6.08. The summed E-state index contributed by atoms with van der Waals surface area (Å²) in [5.41, 5.74) is 4.97. The minimum absolute atomic E-state index is 0.567. The Bertz CT molecular complexity index is 283. The van der Waals surface area contributed by atoms with Crippen molar-refractivity contribution in [2.24, 2.45) is 5.73 Å². The molecule has 0 saturated heterocycles. The van der Waals surface area contributed by atoms with E-state index in [4.69, 9.17) is 19.0 Å². The largest absolute Gasteiger partial charge is 0.510 e. The van der Waals surface area contributed by atoms with Crippen LogP contribution in [0.1, 0.15) is 13.3 Å². The number of amides is 1. The second kappa shape index (κ2) is 7.02. The van der Waals surface area contributed by atoms with Gasteiger partial charge >= 0.3 is 6.09 Å². The Morgan fingerprint density at radius 3 is 1.84 bits per heavy atom. The van der Waals surface area contributed by atoms with Crippen molar-refractivity contribution >= 4 is 32.5 Å². The Morgan fingerprint density at radius 1 is 1.11 bits per heavy atom. The molecule has 0 rings (SSSR count). The van der Waals surface area contributed by atoms with E-state index in [1.54, 1.807) is 0 Å². The fourth-order valence-electron chi connectivity index (χ4n) is 1.98. The van der Waals surface area contributed by atoms with Crippen LogP contribution >= 0.6 is 0 Å². The Labute approximate surface area is 121 Å². The highest BCUT2D eigenvalue weighted by atomic mass is 28.4. The van der Waals surface area contributed by atoms with Crippen molar-refractivity contribution in [2.75, 3.05) is 0 Å². The molecule has 0 aromatic carbocycles. The first-order valence-corrected chi connectivity index (χ1v) is 15.0. The van der Waals surface area contributed by atoms with Crippen molar-refractivity contribution in [1.82, 2.24) is 0 Å². The van der Waals surface area contributed by atoms with E-state index in [-0.39, 0.29) is 0 Å². The third-order valence-corrected chi connectivity index (χ3v) is 5.28. The molecule has 0 fully saturated rings. The van der Waals surface area contributed by atoms with Gasteiger partial charge in [0.05, 0.1) is 0 Å². The highest BCUT2D eigenvalue weighted by Crippen LogP contribution is 2.28.